The number of nitrogens with one attached hydrogen (secondary N) is 1. The fraction of sp³-hybridized carbons (Fsp3) is 0.111. The summed E-state index contributed by atoms with van der Waals surface area (Å²) >= 11 is 0. The van der Waals surface area contributed by atoms with Crippen molar-refractivity contribution in [2.45, 2.75) is 13.8 Å². The van der Waals surface area contributed by atoms with E-state index in [1.807, 2.05) is 42.5 Å². The number of para-hydroxylation sites is 1. The zero-order valence-corrected chi connectivity index (χ0v) is 12.1. The highest BCUT2D eigenvalue weighted by Gasteiger charge is 2.05. The molecule has 3 aromatic rings. The van der Waals surface area contributed by atoms with Crippen molar-refractivity contribution in [2.75, 3.05) is 5.32 Å². The fourth-order valence-corrected chi connectivity index (χ4v) is 2.40. The third-order valence-corrected chi connectivity index (χ3v) is 3.52. The van der Waals surface area contributed by atoms with Crippen molar-refractivity contribution in [2.24, 2.45) is 0 Å². The molecule has 0 radical (unpaired) electrons. The summed E-state index contributed by atoms with van der Waals surface area (Å²) in [7, 11) is 0. The molecule has 3 nitrogen and oxygen atoms in total. The Bertz CT molecular complexity index is 824. The Hall–Kier alpha value is -2.68. The van der Waals surface area contributed by atoms with Crippen LogP contribution in [0.25, 0.3) is 10.9 Å². The van der Waals surface area contributed by atoms with Crippen molar-refractivity contribution >= 4 is 28.1 Å². The molecule has 1 heterocycles. The Morgan fingerprint density at radius 1 is 1.10 bits per heavy atom. The first-order chi connectivity index (χ1) is 10.1. The van der Waals surface area contributed by atoms with Crippen LogP contribution in [0, 0.1) is 6.92 Å². The number of anilines is 2. The molecule has 104 valence electrons. The third-order valence-electron chi connectivity index (χ3n) is 3.52. The first-order valence-electron chi connectivity index (χ1n) is 6.87. The number of carbonyl (C=O) groups is 1. The lowest BCUT2D eigenvalue weighted by molar-refractivity contribution is 0.101. The molecule has 1 aromatic heterocycles. The summed E-state index contributed by atoms with van der Waals surface area (Å²) in [6, 6.07) is 15.6. The van der Waals surface area contributed by atoms with E-state index >= 15 is 0 Å². The number of hydrogen-bond donors (Lipinski definition) is 1. The summed E-state index contributed by atoms with van der Waals surface area (Å²) in [4.78, 5) is 15.9. The topological polar surface area (TPSA) is 42.0 Å². The van der Waals surface area contributed by atoms with Gasteiger partial charge in [-0.2, -0.15) is 0 Å². The number of aryl methyl sites for hydroxylation is 1. The molecular weight excluding hydrogens is 260 g/mol. The average Bonchev–Trinajstić information content (AvgIpc) is 2.49. The largest absolute Gasteiger partial charge is 0.355 e. The molecular formula is C18H16N2O. The molecule has 0 spiro atoms. The molecule has 0 saturated heterocycles. The van der Waals surface area contributed by atoms with Gasteiger partial charge in [-0.3, -0.25) is 9.78 Å². The van der Waals surface area contributed by atoms with Crippen LogP contribution in [0.5, 0.6) is 0 Å². The number of fused-ring (bicyclic) bond motifs is 1. The molecule has 2 aromatic carbocycles. The normalized spacial score (nSPS) is 10.6. The average molecular weight is 276 g/mol. The van der Waals surface area contributed by atoms with Gasteiger partial charge in [0.1, 0.15) is 0 Å². The summed E-state index contributed by atoms with van der Waals surface area (Å²) in [6.07, 6.45) is 1.80. The summed E-state index contributed by atoms with van der Waals surface area (Å²) < 4.78 is 0. The molecule has 0 amide bonds. The second-order valence-corrected chi connectivity index (χ2v) is 5.09. The molecule has 0 aliphatic carbocycles. The second-order valence-electron chi connectivity index (χ2n) is 5.09. The standard InChI is InChI=1S/C18H16N2O/c1-12-5-3-8-16-17(9-10-19-18(12)16)20-15-7-4-6-14(11-15)13(2)21/h3-11H,1-2H3,(H,19,20). The van der Waals surface area contributed by atoms with Crippen LogP contribution < -0.4 is 5.32 Å². The van der Waals surface area contributed by atoms with E-state index in [0.29, 0.717) is 5.56 Å². The summed E-state index contributed by atoms with van der Waals surface area (Å²) in [5, 5.41) is 4.45. The zero-order valence-electron chi connectivity index (χ0n) is 12.1. The number of Topliss-reactive ketones (excluding diaryl/α,β-unsaturated/α-hetero) is 1. The molecule has 3 rings (SSSR count). The summed E-state index contributed by atoms with van der Waals surface area (Å²) in [5.41, 5.74) is 4.73. The van der Waals surface area contributed by atoms with E-state index in [1.165, 1.54) is 0 Å². The number of hydrogen-bond acceptors (Lipinski definition) is 3. The third kappa shape index (κ3) is 2.63. The second kappa shape index (κ2) is 5.37. The van der Waals surface area contributed by atoms with Crippen molar-refractivity contribution in [1.29, 1.82) is 0 Å². The van der Waals surface area contributed by atoms with Gasteiger partial charge in [0.05, 0.1) is 5.52 Å². The van der Waals surface area contributed by atoms with E-state index in [0.717, 1.165) is 27.8 Å². The highest BCUT2D eigenvalue weighted by atomic mass is 16.1. The first-order valence-corrected chi connectivity index (χ1v) is 6.87. The van der Waals surface area contributed by atoms with Crippen molar-refractivity contribution in [3.05, 3.63) is 65.9 Å². The minimum Gasteiger partial charge on any atom is -0.355 e. The monoisotopic (exact) mass is 276 g/mol. The van der Waals surface area contributed by atoms with Gasteiger partial charge >= 0.3 is 0 Å². The predicted molar refractivity (Wildman–Crippen MR) is 86.2 cm³/mol. The van der Waals surface area contributed by atoms with Gasteiger partial charge in [0.25, 0.3) is 0 Å². The lowest BCUT2D eigenvalue weighted by Crippen LogP contribution is -1.96. The van der Waals surface area contributed by atoms with Gasteiger partial charge in [-0.1, -0.05) is 30.3 Å². The van der Waals surface area contributed by atoms with Crippen LogP contribution in [0.4, 0.5) is 11.4 Å². The molecule has 0 saturated carbocycles. The van der Waals surface area contributed by atoms with Crippen molar-refractivity contribution in [3.8, 4) is 0 Å². The van der Waals surface area contributed by atoms with Crippen molar-refractivity contribution in [3.63, 3.8) is 0 Å². The molecule has 21 heavy (non-hydrogen) atoms. The van der Waals surface area contributed by atoms with Crippen LogP contribution in [0.1, 0.15) is 22.8 Å². The maximum absolute atomic E-state index is 11.5. The molecule has 3 heteroatoms. The number of carbonyl (C=O) groups excluding carboxylic acids is 1. The first kappa shape index (κ1) is 13.3. The zero-order chi connectivity index (χ0) is 14.8. The van der Waals surface area contributed by atoms with Crippen LogP contribution in [-0.4, -0.2) is 10.8 Å². The Kier molecular flexibility index (Phi) is 3.40. The number of pyridine rings is 1. The number of nitrogens with zero attached hydrogens (tertiary/aromatic N) is 1. The van der Waals surface area contributed by atoms with Gasteiger partial charge < -0.3 is 5.32 Å². The molecule has 1 N–H and O–H groups in total. The Labute approximate surface area is 123 Å². The number of benzene rings is 2. The van der Waals surface area contributed by atoms with E-state index in [9.17, 15) is 4.79 Å². The van der Waals surface area contributed by atoms with E-state index < -0.39 is 0 Å². The number of ketones is 1. The van der Waals surface area contributed by atoms with Gasteiger partial charge in [0.2, 0.25) is 0 Å². The van der Waals surface area contributed by atoms with E-state index in [-0.39, 0.29) is 5.78 Å². The summed E-state index contributed by atoms with van der Waals surface area (Å²) in [6.45, 7) is 3.62. The minimum atomic E-state index is 0.0640. The maximum Gasteiger partial charge on any atom is 0.159 e. The van der Waals surface area contributed by atoms with Crippen LogP contribution >= 0.6 is 0 Å². The van der Waals surface area contributed by atoms with Gasteiger partial charge in [0, 0.05) is 28.5 Å². The van der Waals surface area contributed by atoms with Crippen LogP contribution in [0.15, 0.2) is 54.7 Å². The highest BCUT2D eigenvalue weighted by molar-refractivity contribution is 5.97. The van der Waals surface area contributed by atoms with Crippen molar-refractivity contribution in [1.82, 2.24) is 4.98 Å². The van der Waals surface area contributed by atoms with E-state index in [4.69, 9.17) is 0 Å². The van der Waals surface area contributed by atoms with Crippen LogP contribution in [0.3, 0.4) is 0 Å². The fourth-order valence-electron chi connectivity index (χ4n) is 2.40. The molecule has 0 fully saturated rings. The van der Waals surface area contributed by atoms with Crippen LogP contribution in [0.2, 0.25) is 0 Å². The molecule has 0 atom stereocenters. The number of rotatable bonds is 3. The van der Waals surface area contributed by atoms with Gasteiger partial charge in [0.15, 0.2) is 5.78 Å². The summed E-state index contributed by atoms with van der Waals surface area (Å²) in [5.74, 6) is 0.0640. The SMILES string of the molecule is CC(=O)c1cccc(Nc2ccnc3c(C)cccc23)c1. The van der Waals surface area contributed by atoms with Gasteiger partial charge in [-0.25, -0.2) is 0 Å². The smallest absolute Gasteiger partial charge is 0.159 e. The molecule has 0 unspecified atom stereocenters. The molecule has 0 aliphatic heterocycles. The van der Waals surface area contributed by atoms with E-state index in [2.05, 4.69) is 23.3 Å². The van der Waals surface area contributed by atoms with E-state index in [1.54, 1.807) is 13.1 Å². The van der Waals surface area contributed by atoms with Crippen LogP contribution in [-0.2, 0) is 0 Å². The Balaban J connectivity index is 2.04. The molecule has 0 bridgehead atoms. The highest BCUT2D eigenvalue weighted by Crippen LogP contribution is 2.27. The Morgan fingerprint density at radius 3 is 2.71 bits per heavy atom. The minimum absolute atomic E-state index is 0.0640. The quantitative estimate of drug-likeness (QED) is 0.717. The molecule has 0 aliphatic rings. The Morgan fingerprint density at radius 2 is 1.90 bits per heavy atom. The maximum atomic E-state index is 11.5. The predicted octanol–water partition coefficient (Wildman–Crippen LogP) is 4.49. The lowest BCUT2D eigenvalue weighted by Gasteiger charge is -2.11. The van der Waals surface area contributed by atoms with Gasteiger partial charge in [-0.05, 0) is 37.6 Å². The number of aromatic nitrogens is 1. The van der Waals surface area contributed by atoms with Crippen molar-refractivity contribution < 1.29 is 4.79 Å². The van der Waals surface area contributed by atoms with Gasteiger partial charge in [-0.15, -0.1) is 0 Å². The lowest BCUT2D eigenvalue weighted by atomic mass is 10.1.